The molecule has 10 heteroatoms. The molecule has 0 spiro atoms. The zero-order valence-corrected chi connectivity index (χ0v) is 21.9. The van der Waals surface area contributed by atoms with Gasteiger partial charge in [-0.2, -0.15) is 0 Å². The number of aromatic nitrogens is 3. The summed E-state index contributed by atoms with van der Waals surface area (Å²) in [6, 6.07) is 13.5. The quantitative estimate of drug-likeness (QED) is 0.311. The van der Waals surface area contributed by atoms with Gasteiger partial charge in [0.25, 0.3) is 5.91 Å². The Morgan fingerprint density at radius 3 is 2.25 bits per heavy atom. The fourth-order valence-corrected chi connectivity index (χ4v) is 4.13. The van der Waals surface area contributed by atoms with Crippen molar-refractivity contribution in [1.29, 1.82) is 0 Å². The van der Waals surface area contributed by atoms with Gasteiger partial charge in [-0.1, -0.05) is 43.3 Å². The second kappa shape index (κ2) is 12.3. The minimum Gasteiger partial charge on any atom is -0.462 e. The van der Waals surface area contributed by atoms with Crippen LogP contribution < -0.4 is 10.6 Å². The molecule has 1 aromatic heterocycles. The predicted octanol–water partition coefficient (Wildman–Crippen LogP) is 4.16. The molecule has 1 atom stereocenters. The molecule has 2 aromatic carbocycles. The average molecular weight is 510 g/mol. The highest BCUT2D eigenvalue weighted by Crippen LogP contribution is 2.24. The second-order valence-corrected chi connectivity index (χ2v) is 9.54. The molecule has 0 unspecified atom stereocenters. The van der Waals surface area contributed by atoms with Crippen LogP contribution in [0.15, 0.2) is 53.7 Å². The van der Waals surface area contributed by atoms with Gasteiger partial charge in [-0.05, 0) is 56.2 Å². The van der Waals surface area contributed by atoms with Crippen molar-refractivity contribution in [2.75, 3.05) is 17.7 Å². The topological polar surface area (TPSA) is 115 Å². The van der Waals surface area contributed by atoms with Gasteiger partial charge < -0.3 is 19.9 Å². The standard InChI is InChI=1S/C26H31N5O4S/c1-6-35-25(34)19-11-13-20(14-12-19)27-21(32)15-36-26-30-29-23(31(26)5)22(16(2)3)28-24(33)18-9-7-17(4)8-10-18/h7-14,16,22H,6,15H2,1-5H3,(H,27,32)(H,28,33)/t22-/m0/s1. The maximum atomic E-state index is 12.8. The van der Waals surface area contributed by atoms with Gasteiger partial charge in [0.15, 0.2) is 11.0 Å². The number of thioether (sulfide) groups is 1. The number of carbonyl (C=O) groups is 3. The summed E-state index contributed by atoms with van der Waals surface area (Å²) in [5.74, 6) is -0.00304. The molecule has 0 saturated carbocycles. The summed E-state index contributed by atoms with van der Waals surface area (Å²) >= 11 is 1.25. The van der Waals surface area contributed by atoms with Gasteiger partial charge in [0.2, 0.25) is 5.91 Å². The molecule has 9 nitrogen and oxygen atoms in total. The minimum atomic E-state index is -0.404. The van der Waals surface area contributed by atoms with E-state index in [9.17, 15) is 14.4 Å². The van der Waals surface area contributed by atoms with Gasteiger partial charge in [-0.15, -0.1) is 10.2 Å². The van der Waals surface area contributed by atoms with Crippen LogP contribution in [0, 0.1) is 12.8 Å². The summed E-state index contributed by atoms with van der Waals surface area (Å²) in [5.41, 5.74) is 2.66. The number of nitrogens with one attached hydrogen (secondary N) is 2. The number of carbonyl (C=O) groups excluding carboxylic acids is 3. The van der Waals surface area contributed by atoms with E-state index in [1.165, 1.54) is 11.8 Å². The molecule has 0 aliphatic carbocycles. The zero-order valence-electron chi connectivity index (χ0n) is 21.1. The molecule has 0 fully saturated rings. The largest absolute Gasteiger partial charge is 0.462 e. The molecule has 2 amide bonds. The number of rotatable bonds is 10. The van der Waals surface area contributed by atoms with Crippen molar-refractivity contribution in [3.63, 3.8) is 0 Å². The fraction of sp³-hybridized carbons (Fsp3) is 0.346. The van der Waals surface area contributed by atoms with E-state index in [2.05, 4.69) is 20.8 Å². The Labute approximate surface area is 215 Å². The number of benzene rings is 2. The van der Waals surface area contributed by atoms with Crippen molar-refractivity contribution in [3.05, 3.63) is 71.0 Å². The van der Waals surface area contributed by atoms with Crippen LogP contribution in [-0.4, -0.2) is 44.9 Å². The molecule has 36 heavy (non-hydrogen) atoms. The monoisotopic (exact) mass is 509 g/mol. The Bertz CT molecular complexity index is 1210. The molecule has 0 aliphatic heterocycles. The first-order chi connectivity index (χ1) is 17.2. The molecule has 0 saturated heterocycles. The molecule has 3 aromatic rings. The van der Waals surface area contributed by atoms with Crippen molar-refractivity contribution in [3.8, 4) is 0 Å². The summed E-state index contributed by atoms with van der Waals surface area (Å²) in [6.45, 7) is 8.02. The van der Waals surface area contributed by atoms with Crippen LogP contribution in [-0.2, 0) is 16.6 Å². The van der Waals surface area contributed by atoms with Crippen molar-refractivity contribution >= 4 is 35.2 Å². The van der Waals surface area contributed by atoms with Gasteiger partial charge in [-0.25, -0.2) is 4.79 Å². The van der Waals surface area contributed by atoms with Crippen molar-refractivity contribution in [2.24, 2.45) is 13.0 Å². The summed E-state index contributed by atoms with van der Waals surface area (Å²) in [7, 11) is 1.82. The lowest BCUT2D eigenvalue weighted by Crippen LogP contribution is -2.33. The number of aryl methyl sites for hydroxylation is 1. The van der Waals surface area contributed by atoms with E-state index in [0.717, 1.165) is 5.56 Å². The van der Waals surface area contributed by atoms with E-state index in [1.807, 2.05) is 40.0 Å². The fourth-order valence-electron chi connectivity index (χ4n) is 3.41. The number of hydrogen-bond donors (Lipinski definition) is 2. The highest BCUT2D eigenvalue weighted by atomic mass is 32.2. The molecular weight excluding hydrogens is 478 g/mol. The summed E-state index contributed by atoms with van der Waals surface area (Å²) in [4.78, 5) is 37.0. The molecule has 0 bridgehead atoms. The SMILES string of the molecule is CCOC(=O)c1ccc(NC(=O)CSc2nnc([C@@H](NC(=O)c3ccc(C)cc3)C(C)C)n2C)cc1. The average Bonchev–Trinajstić information content (AvgIpc) is 3.21. The van der Waals surface area contributed by atoms with Crippen LogP contribution in [0.4, 0.5) is 5.69 Å². The van der Waals surface area contributed by atoms with E-state index in [4.69, 9.17) is 4.74 Å². The molecule has 0 radical (unpaired) electrons. The summed E-state index contributed by atoms with van der Waals surface area (Å²) in [5, 5.41) is 15.0. The van der Waals surface area contributed by atoms with Crippen molar-refractivity contribution in [1.82, 2.24) is 20.1 Å². The molecule has 1 heterocycles. The molecule has 3 rings (SSSR count). The molecule has 2 N–H and O–H groups in total. The third kappa shape index (κ3) is 6.94. The number of amides is 2. The third-order valence-electron chi connectivity index (χ3n) is 5.43. The van der Waals surface area contributed by atoms with E-state index in [-0.39, 0.29) is 29.5 Å². The summed E-state index contributed by atoms with van der Waals surface area (Å²) in [6.07, 6.45) is 0. The Hall–Kier alpha value is -3.66. The van der Waals surface area contributed by atoms with Crippen LogP contribution in [0.3, 0.4) is 0 Å². The van der Waals surface area contributed by atoms with E-state index in [1.54, 1.807) is 47.9 Å². The lowest BCUT2D eigenvalue weighted by Gasteiger charge is -2.21. The molecule has 190 valence electrons. The Morgan fingerprint density at radius 1 is 1.00 bits per heavy atom. The minimum absolute atomic E-state index is 0.0704. The Balaban J connectivity index is 1.60. The second-order valence-electron chi connectivity index (χ2n) is 8.60. The molecular formula is C26H31N5O4S. The van der Waals surface area contributed by atoms with Crippen LogP contribution >= 0.6 is 11.8 Å². The van der Waals surface area contributed by atoms with Gasteiger partial charge in [0.1, 0.15) is 0 Å². The van der Waals surface area contributed by atoms with Crippen LogP contribution in [0.2, 0.25) is 0 Å². The highest BCUT2D eigenvalue weighted by Gasteiger charge is 2.25. The van der Waals surface area contributed by atoms with Crippen LogP contribution in [0.1, 0.15) is 58.9 Å². The lowest BCUT2D eigenvalue weighted by atomic mass is 10.0. The normalized spacial score (nSPS) is 11.7. The number of anilines is 1. The molecule has 0 aliphatic rings. The van der Waals surface area contributed by atoms with Crippen molar-refractivity contribution < 1.29 is 19.1 Å². The predicted molar refractivity (Wildman–Crippen MR) is 139 cm³/mol. The van der Waals surface area contributed by atoms with Gasteiger partial charge in [0, 0.05) is 18.3 Å². The van der Waals surface area contributed by atoms with Crippen LogP contribution in [0.25, 0.3) is 0 Å². The maximum absolute atomic E-state index is 12.8. The van der Waals surface area contributed by atoms with Crippen molar-refractivity contribution in [2.45, 2.75) is 38.9 Å². The number of ether oxygens (including phenoxy) is 1. The highest BCUT2D eigenvalue weighted by molar-refractivity contribution is 7.99. The van der Waals surface area contributed by atoms with E-state index >= 15 is 0 Å². The number of hydrogen-bond acceptors (Lipinski definition) is 7. The first kappa shape index (κ1) is 26.9. The van der Waals surface area contributed by atoms with Gasteiger partial charge >= 0.3 is 5.97 Å². The first-order valence-electron chi connectivity index (χ1n) is 11.7. The Morgan fingerprint density at radius 2 is 1.64 bits per heavy atom. The first-order valence-corrected chi connectivity index (χ1v) is 12.6. The third-order valence-corrected chi connectivity index (χ3v) is 6.45. The van der Waals surface area contributed by atoms with Gasteiger partial charge in [0.05, 0.1) is 24.0 Å². The number of nitrogens with zero attached hydrogens (tertiary/aromatic N) is 3. The van der Waals surface area contributed by atoms with Crippen LogP contribution in [0.5, 0.6) is 0 Å². The maximum Gasteiger partial charge on any atom is 0.338 e. The van der Waals surface area contributed by atoms with E-state index < -0.39 is 5.97 Å². The van der Waals surface area contributed by atoms with Gasteiger partial charge in [-0.3, -0.25) is 9.59 Å². The van der Waals surface area contributed by atoms with E-state index in [0.29, 0.717) is 34.4 Å². The Kier molecular flexibility index (Phi) is 9.24. The lowest BCUT2D eigenvalue weighted by molar-refractivity contribution is -0.113. The number of esters is 1. The smallest absolute Gasteiger partial charge is 0.338 e. The summed E-state index contributed by atoms with van der Waals surface area (Å²) < 4.78 is 6.76. The zero-order chi connectivity index (χ0) is 26.2.